The SMILES string of the molecule is NC(=NO)C1CCCN1Cc1cn2ccccc2n1. The van der Waals surface area contributed by atoms with Gasteiger partial charge in [-0.2, -0.15) is 0 Å². The second-order valence-corrected chi connectivity index (χ2v) is 4.85. The molecule has 1 unspecified atom stereocenters. The van der Waals surface area contributed by atoms with Crippen LogP contribution in [0.2, 0.25) is 0 Å². The zero-order valence-electron chi connectivity index (χ0n) is 10.6. The standard InChI is InChI=1S/C13H17N5O/c14-13(16-19)11-4-3-7-17(11)8-10-9-18-6-2-1-5-12(18)15-10/h1-2,5-6,9,11,19H,3-4,7-8H2,(H2,14,16). The van der Waals surface area contributed by atoms with E-state index in [4.69, 9.17) is 10.9 Å². The molecular weight excluding hydrogens is 242 g/mol. The third-order valence-corrected chi connectivity index (χ3v) is 3.60. The zero-order chi connectivity index (χ0) is 13.2. The van der Waals surface area contributed by atoms with Gasteiger partial charge in [-0.1, -0.05) is 11.2 Å². The summed E-state index contributed by atoms with van der Waals surface area (Å²) in [6.07, 6.45) is 6.01. The Bertz CT molecular complexity index is 573. The molecule has 100 valence electrons. The molecule has 0 aromatic carbocycles. The molecule has 0 saturated carbocycles. The Morgan fingerprint density at radius 3 is 3.21 bits per heavy atom. The van der Waals surface area contributed by atoms with Crippen molar-refractivity contribution in [1.82, 2.24) is 14.3 Å². The first-order chi connectivity index (χ1) is 9.28. The smallest absolute Gasteiger partial charge is 0.156 e. The number of aromatic nitrogens is 2. The summed E-state index contributed by atoms with van der Waals surface area (Å²) in [6.45, 7) is 1.68. The predicted octanol–water partition coefficient (Wildman–Crippen LogP) is 1.05. The number of nitrogens with two attached hydrogens (primary N) is 1. The fourth-order valence-electron chi connectivity index (χ4n) is 2.69. The summed E-state index contributed by atoms with van der Waals surface area (Å²) in [7, 11) is 0. The van der Waals surface area contributed by atoms with E-state index in [1.54, 1.807) is 0 Å². The van der Waals surface area contributed by atoms with E-state index in [-0.39, 0.29) is 6.04 Å². The summed E-state index contributed by atoms with van der Waals surface area (Å²) in [5.41, 5.74) is 7.68. The minimum absolute atomic E-state index is 0.0230. The zero-order valence-corrected chi connectivity index (χ0v) is 10.6. The van der Waals surface area contributed by atoms with Gasteiger partial charge in [-0.3, -0.25) is 4.90 Å². The largest absolute Gasteiger partial charge is 0.409 e. The maximum absolute atomic E-state index is 8.81. The van der Waals surface area contributed by atoms with Crippen LogP contribution >= 0.6 is 0 Å². The highest BCUT2D eigenvalue weighted by Crippen LogP contribution is 2.20. The molecule has 6 nitrogen and oxygen atoms in total. The maximum Gasteiger partial charge on any atom is 0.156 e. The molecule has 19 heavy (non-hydrogen) atoms. The van der Waals surface area contributed by atoms with Crippen LogP contribution in [0.25, 0.3) is 5.65 Å². The molecule has 1 aliphatic heterocycles. The molecule has 0 radical (unpaired) electrons. The van der Waals surface area contributed by atoms with Crippen LogP contribution in [0.15, 0.2) is 35.7 Å². The van der Waals surface area contributed by atoms with Crippen molar-refractivity contribution in [1.29, 1.82) is 0 Å². The van der Waals surface area contributed by atoms with E-state index in [1.807, 2.05) is 35.0 Å². The van der Waals surface area contributed by atoms with Gasteiger partial charge < -0.3 is 15.3 Å². The number of rotatable bonds is 3. The molecule has 1 saturated heterocycles. The van der Waals surface area contributed by atoms with Crippen molar-refractivity contribution in [2.45, 2.75) is 25.4 Å². The van der Waals surface area contributed by atoms with Crippen LogP contribution in [0.4, 0.5) is 0 Å². The number of amidine groups is 1. The van der Waals surface area contributed by atoms with Gasteiger partial charge in [0.2, 0.25) is 0 Å². The normalized spacial score (nSPS) is 21.3. The molecule has 1 aliphatic rings. The predicted molar refractivity (Wildman–Crippen MR) is 72.0 cm³/mol. The minimum atomic E-state index is 0.0230. The average molecular weight is 259 g/mol. The molecule has 2 aromatic rings. The Hall–Kier alpha value is -2.08. The molecule has 3 N–H and O–H groups in total. The number of imidazole rings is 1. The minimum Gasteiger partial charge on any atom is -0.409 e. The van der Waals surface area contributed by atoms with Crippen molar-refractivity contribution in [3.63, 3.8) is 0 Å². The topological polar surface area (TPSA) is 79.2 Å². The Labute approximate surface area is 111 Å². The van der Waals surface area contributed by atoms with Gasteiger partial charge in [0.15, 0.2) is 5.84 Å². The van der Waals surface area contributed by atoms with Crippen molar-refractivity contribution in [3.8, 4) is 0 Å². The van der Waals surface area contributed by atoms with Crippen LogP contribution in [0.3, 0.4) is 0 Å². The molecule has 0 aliphatic carbocycles. The van der Waals surface area contributed by atoms with Gasteiger partial charge >= 0.3 is 0 Å². The van der Waals surface area contributed by atoms with Crippen molar-refractivity contribution >= 4 is 11.5 Å². The number of oxime groups is 1. The Balaban J connectivity index is 1.80. The van der Waals surface area contributed by atoms with Gasteiger partial charge in [-0.25, -0.2) is 4.98 Å². The number of nitrogens with zero attached hydrogens (tertiary/aromatic N) is 4. The lowest BCUT2D eigenvalue weighted by molar-refractivity contribution is 0.273. The quantitative estimate of drug-likeness (QED) is 0.374. The summed E-state index contributed by atoms with van der Waals surface area (Å²) in [4.78, 5) is 6.78. The van der Waals surface area contributed by atoms with Crippen LogP contribution in [0.1, 0.15) is 18.5 Å². The highest BCUT2D eigenvalue weighted by Gasteiger charge is 2.28. The summed E-state index contributed by atoms with van der Waals surface area (Å²) >= 11 is 0. The van der Waals surface area contributed by atoms with Crippen LogP contribution in [-0.4, -0.2) is 37.9 Å². The summed E-state index contributed by atoms with van der Waals surface area (Å²) in [5, 5.41) is 11.9. The second kappa shape index (κ2) is 4.89. The van der Waals surface area contributed by atoms with Gasteiger partial charge in [0.25, 0.3) is 0 Å². The number of pyridine rings is 1. The van der Waals surface area contributed by atoms with E-state index < -0.39 is 0 Å². The lowest BCUT2D eigenvalue weighted by Gasteiger charge is -2.21. The average Bonchev–Trinajstić information content (AvgIpc) is 3.04. The number of likely N-dealkylation sites (tertiary alicyclic amines) is 1. The number of fused-ring (bicyclic) bond motifs is 1. The molecule has 1 fully saturated rings. The van der Waals surface area contributed by atoms with Crippen LogP contribution in [0.5, 0.6) is 0 Å². The van der Waals surface area contributed by atoms with Gasteiger partial charge in [-0.15, -0.1) is 0 Å². The first-order valence-corrected chi connectivity index (χ1v) is 6.42. The van der Waals surface area contributed by atoms with Crippen LogP contribution in [-0.2, 0) is 6.54 Å². The molecular formula is C13H17N5O. The van der Waals surface area contributed by atoms with E-state index in [0.717, 1.165) is 37.3 Å². The second-order valence-electron chi connectivity index (χ2n) is 4.85. The van der Waals surface area contributed by atoms with Crippen molar-refractivity contribution in [2.75, 3.05) is 6.54 Å². The first-order valence-electron chi connectivity index (χ1n) is 6.42. The molecule has 3 rings (SSSR count). The Morgan fingerprint density at radius 2 is 2.42 bits per heavy atom. The fourth-order valence-corrected chi connectivity index (χ4v) is 2.69. The summed E-state index contributed by atoms with van der Waals surface area (Å²) in [6, 6.07) is 5.96. The number of hydrogen-bond donors (Lipinski definition) is 2. The first kappa shape index (κ1) is 12.0. The van der Waals surface area contributed by atoms with E-state index in [2.05, 4.69) is 15.0 Å². The van der Waals surface area contributed by atoms with E-state index in [1.165, 1.54) is 0 Å². The van der Waals surface area contributed by atoms with Gasteiger partial charge in [-0.05, 0) is 31.5 Å². The fraction of sp³-hybridized carbons (Fsp3) is 0.385. The monoisotopic (exact) mass is 259 g/mol. The van der Waals surface area contributed by atoms with E-state index in [9.17, 15) is 0 Å². The van der Waals surface area contributed by atoms with Crippen molar-refractivity contribution in [2.24, 2.45) is 10.9 Å². The van der Waals surface area contributed by atoms with Crippen molar-refractivity contribution in [3.05, 3.63) is 36.3 Å². The molecule has 0 amide bonds. The molecule has 2 aromatic heterocycles. The third kappa shape index (κ3) is 2.26. The molecule has 3 heterocycles. The lowest BCUT2D eigenvalue weighted by Crippen LogP contribution is -2.40. The summed E-state index contributed by atoms with van der Waals surface area (Å²) in [5.74, 6) is 0.293. The lowest BCUT2D eigenvalue weighted by atomic mass is 10.2. The molecule has 0 bridgehead atoms. The molecule has 6 heteroatoms. The van der Waals surface area contributed by atoms with Gasteiger partial charge in [0.1, 0.15) is 5.65 Å². The van der Waals surface area contributed by atoms with Gasteiger partial charge in [0, 0.05) is 18.9 Å². The summed E-state index contributed by atoms with van der Waals surface area (Å²) < 4.78 is 2.00. The number of hydrogen-bond acceptors (Lipinski definition) is 4. The highest BCUT2D eigenvalue weighted by molar-refractivity contribution is 5.85. The Kier molecular flexibility index (Phi) is 3.08. The highest BCUT2D eigenvalue weighted by atomic mass is 16.4. The van der Waals surface area contributed by atoms with Gasteiger partial charge in [0.05, 0.1) is 11.7 Å². The molecule has 0 spiro atoms. The van der Waals surface area contributed by atoms with E-state index in [0.29, 0.717) is 5.84 Å². The van der Waals surface area contributed by atoms with Crippen LogP contribution in [0, 0.1) is 0 Å². The molecule has 1 atom stereocenters. The Morgan fingerprint density at radius 1 is 1.53 bits per heavy atom. The maximum atomic E-state index is 8.81. The van der Waals surface area contributed by atoms with Crippen molar-refractivity contribution < 1.29 is 5.21 Å². The van der Waals surface area contributed by atoms with Crippen LogP contribution < -0.4 is 5.73 Å². The van der Waals surface area contributed by atoms with E-state index >= 15 is 0 Å². The third-order valence-electron chi connectivity index (χ3n) is 3.60.